The van der Waals surface area contributed by atoms with Gasteiger partial charge < -0.3 is 5.73 Å². The summed E-state index contributed by atoms with van der Waals surface area (Å²) in [5, 5.41) is 0.941. The molecule has 1 aromatic rings. The molecule has 0 aliphatic carbocycles. The van der Waals surface area contributed by atoms with Crippen molar-refractivity contribution >= 4 is 34.9 Å². The highest BCUT2D eigenvalue weighted by Crippen LogP contribution is 2.16. The lowest BCUT2D eigenvalue weighted by Crippen LogP contribution is -1.87. The molecule has 0 bridgehead atoms. The summed E-state index contributed by atoms with van der Waals surface area (Å²) in [5.41, 5.74) is 4.85. The number of aromatic nitrogens is 1. The lowest BCUT2D eigenvalue weighted by molar-refractivity contribution is 1.14. The highest BCUT2D eigenvalue weighted by Gasteiger charge is 1.83. The second-order valence-corrected chi connectivity index (χ2v) is 2.82. The van der Waals surface area contributed by atoms with Gasteiger partial charge in [-0.25, -0.2) is 4.98 Å². The summed E-state index contributed by atoms with van der Waals surface area (Å²) in [5.74, 6) is 0. The smallest absolute Gasteiger partial charge is 0.106 e. The first-order chi connectivity index (χ1) is 5.35. The maximum atomic E-state index is 4.85. The fourth-order valence-electron chi connectivity index (χ4n) is 0.401. The third-order valence-corrected chi connectivity index (χ3v) is 1.72. The Labute approximate surface area is 88.6 Å². The van der Waals surface area contributed by atoms with Crippen molar-refractivity contribution in [3.8, 4) is 0 Å². The molecule has 0 aromatic carbocycles. The molecule has 0 unspecified atom stereocenters. The van der Waals surface area contributed by atoms with E-state index in [2.05, 4.69) is 16.6 Å². The standard InChI is InChI=1S/C5H5NS2.C2H7N.ClH/c7-8-5-3-1-2-4-6-5;1-2-3;/h1-4,7H;2-3H2,1H3;1H. The zero-order valence-corrected chi connectivity index (χ0v) is 9.33. The lowest BCUT2D eigenvalue weighted by Gasteiger charge is -1.87. The summed E-state index contributed by atoms with van der Waals surface area (Å²) in [6, 6.07) is 5.73. The van der Waals surface area contributed by atoms with Crippen LogP contribution in [-0.4, -0.2) is 11.5 Å². The molecule has 1 rings (SSSR count). The summed E-state index contributed by atoms with van der Waals surface area (Å²) >= 11 is 3.96. The van der Waals surface area contributed by atoms with Crippen molar-refractivity contribution in [1.29, 1.82) is 0 Å². The minimum atomic E-state index is 0. The molecule has 0 fully saturated rings. The Hall–Kier alpha value is 0.1000. The van der Waals surface area contributed by atoms with Crippen LogP contribution in [0.1, 0.15) is 6.92 Å². The van der Waals surface area contributed by atoms with E-state index in [0.29, 0.717) is 0 Å². The van der Waals surface area contributed by atoms with E-state index in [1.54, 1.807) is 6.20 Å². The molecular formula is C7H13ClN2S2. The average Bonchev–Trinajstić information content (AvgIpc) is 2.08. The van der Waals surface area contributed by atoms with Crippen molar-refractivity contribution in [3.63, 3.8) is 0 Å². The van der Waals surface area contributed by atoms with Crippen molar-refractivity contribution in [1.82, 2.24) is 4.98 Å². The van der Waals surface area contributed by atoms with E-state index < -0.39 is 0 Å². The number of hydrogen-bond acceptors (Lipinski definition) is 4. The van der Waals surface area contributed by atoms with E-state index in [0.717, 1.165) is 11.6 Å². The Morgan fingerprint density at radius 1 is 1.58 bits per heavy atom. The Kier molecular flexibility index (Phi) is 13.5. The highest BCUT2D eigenvalue weighted by atomic mass is 35.5. The van der Waals surface area contributed by atoms with Crippen LogP contribution in [-0.2, 0) is 0 Å². The fourth-order valence-corrected chi connectivity index (χ4v) is 0.973. The number of hydrogen-bond donors (Lipinski definition) is 2. The zero-order valence-electron chi connectivity index (χ0n) is 6.80. The zero-order chi connectivity index (χ0) is 8.53. The second-order valence-electron chi connectivity index (χ2n) is 1.67. The van der Waals surface area contributed by atoms with Gasteiger partial charge in [-0.15, -0.1) is 24.1 Å². The highest BCUT2D eigenvalue weighted by molar-refractivity contribution is 8.68. The molecular weight excluding hydrogens is 212 g/mol. The lowest BCUT2D eigenvalue weighted by atomic mass is 10.5. The van der Waals surface area contributed by atoms with Crippen molar-refractivity contribution in [2.75, 3.05) is 6.54 Å². The summed E-state index contributed by atoms with van der Waals surface area (Å²) in [7, 11) is 1.35. The molecule has 0 spiro atoms. The van der Waals surface area contributed by atoms with E-state index in [4.69, 9.17) is 5.73 Å². The van der Waals surface area contributed by atoms with Crippen LogP contribution in [0.5, 0.6) is 0 Å². The van der Waals surface area contributed by atoms with Crippen LogP contribution in [0.25, 0.3) is 0 Å². The first kappa shape index (κ1) is 14.6. The van der Waals surface area contributed by atoms with Crippen LogP contribution in [0, 0.1) is 0 Å². The van der Waals surface area contributed by atoms with Gasteiger partial charge in [-0.2, -0.15) is 0 Å². The van der Waals surface area contributed by atoms with Crippen molar-refractivity contribution in [2.45, 2.75) is 11.9 Å². The number of thiol groups is 1. The van der Waals surface area contributed by atoms with Crippen LogP contribution >= 0.6 is 34.9 Å². The maximum Gasteiger partial charge on any atom is 0.106 e. The van der Waals surface area contributed by atoms with Crippen LogP contribution in [0.15, 0.2) is 29.4 Å². The van der Waals surface area contributed by atoms with Crippen molar-refractivity contribution < 1.29 is 0 Å². The molecule has 0 atom stereocenters. The molecule has 1 heterocycles. The predicted molar refractivity (Wildman–Crippen MR) is 61.1 cm³/mol. The van der Waals surface area contributed by atoms with Crippen LogP contribution in [0.3, 0.4) is 0 Å². The van der Waals surface area contributed by atoms with Gasteiger partial charge in [-0.05, 0) is 29.5 Å². The topological polar surface area (TPSA) is 38.9 Å². The van der Waals surface area contributed by atoms with Crippen LogP contribution in [0.2, 0.25) is 0 Å². The van der Waals surface area contributed by atoms with Crippen molar-refractivity contribution in [3.05, 3.63) is 24.4 Å². The van der Waals surface area contributed by atoms with Gasteiger partial charge >= 0.3 is 0 Å². The Morgan fingerprint density at radius 3 is 2.42 bits per heavy atom. The Morgan fingerprint density at radius 2 is 2.17 bits per heavy atom. The first-order valence-corrected chi connectivity index (χ1v) is 5.14. The van der Waals surface area contributed by atoms with Gasteiger partial charge in [0.15, 0.2) is 0 Å². The van der Waals surface area contributed by atoms with Crippen LogP contribution in [0.4, 0.5) is 0 Å². The first-order valence-electron chi connectivity index (χ1n) is 3.27. The molecule has 0 aliphatic rings. The quantitative estimate of drug-likeness (QED) is 0.569. The normalized spacial score (nSPS) is 7.58. The molecule has 2 N–H and O–H groups in total. The predicted octanol–water partition coefficient (Wildman–Crippen LogP) is 2.41. The number of halogens is 1. The van der Waals surface area contributed by atoms with E-state index in [9.17, 15) is 0 Å². The van der Waals surface area contributed by atoms with Gasteiger partial charge in [-0.3, -0.25) is 0 Å². The van der Waals surface area contributed by atoms with Gasteiger partial charge in [0, 0.05) is 6.20 Å². The van der Waals surface area contributed by atoms with E-state index >= 15 is 0 Å². The van der Waals surface area contributed by atoms with E-state index in [-0.39, 0.29) is 12.4 Å². The largest absolute Gasteiger partial charge is 0.331 e. The molecule has 0 saturated heterocycles. The molecule has 0 radical (unpaired) electrons. The van der Waals surface area contributed by atoms with Gasteiger partial charge in [0.1, 0.15) is 5.03 Å². The minimum Gasteiger partial charge on any atom is -0.331 e. The van der Waals surface area contributed by atoms with Gasteiger partial charge in [0.25, 0.3) is 0 Å². The van der Waals surface area contributed by atoms with Gasteiger partial charge in [-0.1, -0.05) is 13.0 Å². The molecule has 1 aromatic heterocycles. The van der Waals surface area contributed by atoms with Gasteiger partial charge in [0.05, 0.1) is 0 Å². The summed E-state index contributed by atoms with van der Waals surface area (Å²) < 4.78 is 0. The third-order valence-electron chi connectivity index (χ3n) is 0.731. The number of pyridine rings is 1. The number of rotatable bonds is 1. The molecule has 5 heteroatoms. The van der Waals surface area contributed by atoms with E-state index in [1.807, 2.05) is 25.1 Å². The third kappa shape index (κ3) is 8.20. The van der Waals surface area contributed by atoms with Gasteiger partial charge in [0.2, 0.25) is 0 Å². The fraction of sp³-hybridized carbons (Fsp3) is 0.286. The minimum absolute atomic E-state index is 0. The van der Waals surface area contributed by atoms with Crippen LogP contribution < -0.4 is 5.73 Å². The molecule has 0 aliphatic heterocycles. The Balaban J connectivity index is 0. The Bertz CT molecular complexity index is 172. The molecule has 0 saturated carbocycles. The molecule has 0 amide bonds. The molecule has 70 valence electrons. The second kappa shape index (κ2) is 11.1. The summed E-state index contributed by atoms with van der Waals surface area (Å²) in [6.07, 6.45) is 1.75. The SMILES string of the molecule is CCN.Cl.SSc1ccccn1. The van der Waals surface area contributed by atoms with Crippen molar-refractivity contribution in [2.24, 2.45) is 5.73 Å². The average molecular weight is 225 g/mol. The maximum absolute atomic E-state index is 4.85. The summed E-state index contributed by atoms with van der Waals surface area (Å²) in [4.78, 5) is 3.98. The summed E-state index contributed by atoms with van der Waals surface area (Å²) in [6.45, 7) is 2.65. The molecule has 2 nitrogen and oxygen atoms in total. The molecule has 12 heavy (non-hydrogen) atoms. The number of nitrogens with zero attached hydrogens (tertiary/aromatic N) is 1. The monoisotopic (exact) mass is 224 g/mol. The van der Waals surface area contributed by atoms with E-state index in [1.165, 1.54) is 10.8 Å². The number of nitrogens with two attached hydrogens (primary N) is 1.